The van der Waals surface area contributed by atoms with E-state index in [1.807, 2.05) is 0 Å². The van der Waals surface area contributed by atoms with Crippen molar-refractivity contribution in [2.24, 2.45) is 0 Å². The van der Waals surface area contributed by atoms with Gasteiger partial charge in [0.25, 0.3) is 0 Å². The summed E-state index contributed by atoms with van der Waals surface area (Å²) in [6.45, 7) is 2.68. The number of rotatable bonds is 5. The Morgan fingerprint density at radius 3 is 1.11 bits per heavy atom. The van der Waals surface area contributed by atoms with Crippen molar-refractivity contribution in [3.63, 3.8) is 0 Å². The zero-order chi connectivity index (χ0) is 28.9. The van der Waals surface area contributed by atoms with Gasteiger partial charge in [-0.1, -0.05) is 6.58 Å². The van der Waals surface area contributed by atoms with Crippen LogP contribution >= 0.6 is 0 Å². The number of alkyl halides is 19. The third-order valence-electron chi connectivity index (χ3n) is 4.60. The van der Waals surface area contributed by atoms with E-state index in [2.05, 4.69) is 11.3 Å². The molecule has 35 heavy (non-hydrogen) atoms. The number of ether oxygens (including phenoxy) is 1. The van der Waals surface area contributed by atoms with E-state index in [-0.39, 0.29) is 6.92 Å². The molecule has 0 unspecified atom stereocenters. The molecule has 206 valence electrons. The molecular weight excluding hydrogens is 561 g/mol. The van der Waals surface area contributed by atoms with Crippen molar-refractivity contribution in [1.82, 2.24) is 0 Å². The first-order chi connectivity index (χ1) is 14.8. The highest BCUT2D eigenvalue weighted by molar-refractivity contribution is 5.87. The largest absolute Gasteiger partial charge is 0.473 e. The molecule has 1 rings (SSSR count). The minimum atomic E-state index is -9.36. The van der Waals surface area contributed by atoms with E-state index in [0.29, 0.717) is 0 Å². The van der Waals surface area contributed by atoms with Gasteiger partial charge in [-0.05, 0) is 6.92 Å². The van der Waals surface area contributed by atoms with Crippen molar-refractivity contribution in [3.05, 3.63) is 12.2 Å². The maximum atomic E-state index is 14.5. The molecule has 0 heterocycles. The van der Waals surface area contributed by atoms with Crippen molar-refractivity contribution in [1.29, 1.82) is 0 Å². The Morgan fingerprint density at radius 1 is 0.600 bits per heavy atom. The Balaban J connectivity index is 4.23. The summed E-state index contributed by atoms with van der Waals surface area (Å²) in [7, 11) is 0. The fraction of sp³-hybridized carbons (Fsp3) is 0.786. The minimum absolute atomic E-state index is 0.282. The lowest BCUT2D eigenvalue weighted by Gasteiger charge is -2.46. The van der Waals surface area contributed by atoms with Gasteiger partial charge in [-0.2, -0.15) is 79.0 Å². The normalized spacial score (nSPS) is 26.4. The van der Waals surface area contributed by atoms with Crippen LogP contribution in [0.15, 0.2) is 12.2 Å². The van der Waals surface area contributed by atoms with Crippen LogP contribution in [-0.4, -0.2) is 65.1 Å². The van der Waals surface area contributed by atoms with E-state index in [9.17, 15) is 88.2 Å². The van der Waals surface area contributed by atoms with Gasteiger partial charge >= 0.3 is 65.1 Å². The second-order valence-electron chi connectivity index (χ2n) is 6.94. The van der Waals surface area contributed by atoms with Gasteiger partial charge in [-0.3, -0.25) is 0 Å². The summed E-state index contributed by atoms with van der Waals surface area (Å²) < 4.78 is 262. The van der Waals surface area contributed by atoms with Crippen LogP contribution < -0.4 is 0 Å². The maximum absolute atomic E-state index is 14.5. The predicted molar refractivity (Wildman–Crippen MR) is 69.3 cm³/mol. The highest BCUT2D eigenvalue weighted by Crippen LogP contribution is 2.74. The number of carbonyl (C=O) groups excluding carboxylic acids is 1. The molecule has 0 aromatic heterocycles. The molecule has 1 saturated carbocycles. The van der Waals surface area contributed by atoms with E-state index in [1.54, 1.807) is 0 Å². The molecule has 0 spiro atoms. The Labute approximate surface area is 178 Å². The topological polar surface area (TPSA) is 26.3 Å². The second-order valence-corrected chi connectivity index (χ2v) is 6.94. The number of esters is 1. The SMILES string of the molecule is C=C(C)C(=O)OC(F)(F)C(F)(F)C(F)(F)C1(F)C(F)(F)C(F)(F)C(F)(F)C(F)(F)C(F)(F)C1(F)F. The van der Waals surface area contributed by atoms with E-state index < -0.39 is 70.7 Å². The van der Waals surface area contributed by atoms with Crippen LogP contribution in [0.5, 0.6) is 0 Å². The first-order valence-corrected chi connectivity index (χ1v) is 7.81. The smallest absolute Gasteiger partial charge is 0.393 e. The molecule has 1 aliphatic carbocycles. The van der Waals surface area contributed by atoms with Crippen LogP contribution in [0.2, 0.25) is 0 Å². The number of hydrogen-bond acceptors (Lipinski definition) is 2. The van der Waals surface area contributed by atoms with Crippen molar-refractivity contribution in [2.75, 3.05) is 0 Å². The Bertz CT molecular complexity index is 863. The third-order valence-corrected chi connectivity index (χ3v) is 4.60. The molecule has 0 atom stereocenters. The van der Waals surface area contributed by atoms with Crippen molar-refractivity contribution in [2.45, 2.75) is 66.1 Å². The molecule has 0 radical (unpaired) electrons. The lowest BCUT2D eigenvalue weighted by molar-refractivity contribution is -0.464. The van der Waals surface area contributed by atoms with Gasteiger partial charge in [0.2, 0.25) is 0 Å². The molecular formula is C14H5F19O2. The van der Waals surface area contributed by atoms with Gasteiger partial charge in [0.05, 0.1) is 0 Å². The third kappa shape index (κ3) is 3.03. The van der Waals surface area contributed by atoms with E-state index in [4.69, 9.17) is 0 Å². The summed E-state index contributed by atoms with van der Waals surface area (Å²) in [4.78, 5) is 10.9. The Morgan fingerprint density at radius 2 is 0.857 bits per heavy atom. The maximum Gasteiger partial charge on any atom is 0.473 e. The van der Waals surface area contributed by atoms with E-state index >= 15 is 0 Å². The van der Waals surface area contributed by atoms with Crippen molar-refractivity contribution >= 4 is 5.97 Å². The highest BCUT2D eigenvalue weighted by Gasteiger charge is 3.07. The zero-order valence-electron chi connectivity index (χ0n) is 15.7. The average molecular weight is 566 g/mol. The quantitative estimate of drug-likeness (QED) is 0.165. The van der Waals surface area contributed by atoms with Crippen LogP contribution in [0, 0.1) is 0 Å². The van der Waals surface area contributed by atoms with Gasteiger partial charge in [0, 0.05) is 5.57 Å². The van der Waals surface area contributed by atoms with Crippen LogP contribution in [0.1, 0.15) is 6.92 Å². The van der Waals surface area contributed by atoms with Crippen LogP contribution in [0.4, 0.5) is 83.4 Å². The van der Waals surface area contributed by atoms with Gasteiger partial charge < -0.3 is 4.74 Å². The van der Waals surface area contributed by atoms with Gasteiger partial charge in [0.1, 0.15) is 0 Å². The van der Waals surface area contributed by atoms with Crippen LogP contribution in [0.25, 0.3) is 0 Å². The van der Waals surface area contributed by atoms with Crippen molar-refractivity contribution < 1.29 is 92.9 Å². The molecule has 0 N–H and O–H groups in total. The number of halogens is 19. The molecule has 0 amide bonds. The Kier molecular flexibility index (Phi) is 6.38. The Hall–Kier alpha value is -2.12. The first-order valence-electron chi connectivity index (χ1n) is 7.81. The van der Waals surface area contributed by atoms with Gasteiger partial charge in [-0.15, -0.1) is 0 Å². The zero-order valence-corrected chi connectivity index (χ0v) is 15.7. The van der Waals surface area contributed by atoms with Gasteiger partial charge in [0.15, 0.2) is 0 Å². The van der Waals surface area contributed by atoms with E-state index in [0.717, 1.165) is 0 Å². The fourth-order valence-corrected chi connectivity index (χ4v) is 2.48. The minimum Gasteiger partial charge on any atom is -0.393 e. The lowest BCUT2D eigenvalue weighted by Crippen LogP contribution is -2.80. The molecule has 0 aromatic rings. The highest BCUT2D eigenvalue weighted by atomic mass is 19.4. The average Bonchev–Trinajstić information content (AvgIpc) is 2.65. The fourth-order valence-electron chi connectivity index (χ4n) is 2.48. The summed E-state index contributed by atoms with van der Waals surface area (Å²) in [5.41, 5.74) is -10.8. The van der Waals surface area contributed by atoms with Crippen molar-refractivity contribution in [3.8, 4) is 0 Å². The monoisotopic (exact) mass is 566 g/mol. The summed E-state index contributed by atoms with van der Waals surface area (Å²) in [6, 6.07) is 0. The molecule has 21 heteroatoms. The summed E-state index contributed by atoms with van der Waals surface area (Å²) >= 11 is 0. The molecule has 0 saturated heterocycles. The van der Waals surface area contributed by atoms with Crippen LogP contribution in [0.3, 0.4) is 0 Å². The summed E-state index contributed by atoms with van der Waals surface area (Å²) in [5.74, 6) is -73.6. The number of hydrogen-bond donors (Lipinski definition) is 0. The molecule has 1 fully saturated rings. The first kappa shape index (κ1) is 30.9. The molecule has 0 aromatic carbocycles. The number of carbonyl (C=O) groups is 1. The summed E-state index contributed by atoms with van der Waals surface area (Å²) in [6.07, 6.45) is -7.56. The van der Waals surface area contributed by atoms with Gasteiger partial charge in [-0.25, -0.2) is 9.18 Å². The molecule has 2 nitrogen and oxygen atoms in total. The predicted octanol–water partition coefficient (Wildman–Crippen LogP) is 6.50. The molecule has 0 bridgehead atoms. The molecule has 1 aliphatic rings. The lowest BCUT2D eigenvalue weighted by atomic mass is 9.77. The molecule has 0 aliphatic heterocycles. The van der Waals surface area contributed by atoms with Crippen LogP contribution in [-0.2, 0) is 9.53 Å². The van der Waals surface area contributed by atoms with E-state index in [1.165, 1.54) is 0 Å². The summed E-state index contributed by atoms with van der Waals surface area (Å²) in [5, 5.41) is 0. The second kappa shape index (κ2) is 7.22. The standard InChI is InChI=1S/C14H5F19O2/c1-3(2)4(34)35-14(32,33)13(30,31)8(20,21)5(15)6(16,17)9(22,23)11(26,27)12(28,29)10(24,25)7(5,18)19/h1H2,2H3.